The van der Waals surface area contributed by atoms with Gasteiger partial charge in [0.1, 0.15) is 0 Å². The average Bonchev–Trinajstić information content (AvgIpc) is 3.30. The second-order valence-corrected chi connectivity index (χ2v) is 11.9. The summed E-state index contributed by atoms with van der Waals surface area (Å²) in [5.74, 6) is -3.96. The smallest absolute Gasteiger partial charge is 0.317 e. The minimum absolute atomic E-state index is 0.00260. The van der Waals surface area contributed by atoms with E-state index in [9.17, 15) is 33.6 Å². The van der Waals surface area contributed by atoms with Crippen LogP contribution in [0.1, 0.15) is 39.5 Å². The van der Waals surface area contributed by atoms with E-state index in [1.807, 2.05) is 13.8 Å². The average molecular weight is 707 g/mol. The molecule has 276 valence electrons. The van der Waals surface area contributed by atoms with Gasteiger partial charge in [0.15, 0.2) is 0 Å². The monoisotopic (exact) mass is 706 g/mol. The number of rotatable bonds is 27. The van der Waals surface area contributed by atoms with Crippen molar-refractivity contribution in [2.24, 2.45) is 5.73 Å². The molecule has 19 heteroatoms. The second kappa shape index (κ2) is 27.6. The van der Waals surface area contributed by atoms with E-state index in [1.54, 1.807) is 9.80 Å². The molecule has 1 unspecified atom stereocenters. The Morgan fingerprint density at radius 3 is 2.04 bits per heavy atom. The molecule has 48 heavy (non-hydrogen) atoms. The molecule has 0 aromatic heterocycles. The van der Waals surface area contributed by atoms with Gasteiger partial charge in [0.2, 0.25) is 23.6 Å². The van der Waals surface area contributed by atoms with Crippen molar-refractivity contribution in [1.29, 1.82) is 0 Å². The van der Waals surface area contributed by atoms with E-state index < -0.39 is 23.2 Å². The molecule has 4 amide bonds. The quantitative estimate of drug-likeness (QED) is 0.0318. The van der Waals surface area contributed by atoms with Crippen LogP contribution in [0.5, 0.6) is 0 Å². The van der Waals surface area contributed by atoms with Crippen LogP contribution in [0.4, 0.5) is 0 Å². The predicted molar refractivity (Wildman–Crippen MR) is 179 cm³/mol. The molecule has 1 aliphatic heterocycles. The van der Waals surface area contributed by atoms with Crippen LogP contribution >= 0.6 is 11.8 Å². The normalized spacial score (nSPS) is 14.2. The maximum Gasteiger partial charge on any atom is 0.317 e. The summed E-state index contributed by atoms with van der Waals surface area (Å²) in [5.41, 5.74) is 5.44. The number of thioether (sulfide) groups is 1. The molecular weight excluding hydrogens is 652 g/mol. The van der Waals surface area contributed by atoms with Crippen LogP contribution in [0, 0.1) is 0 Å². The minimum atomic E-state index is -1.00. The number of carboxylic acid groups (broad SMARTS) is 3. The standard InChI is InChI=1S/C25H45N7O8S.C4H9NO2/c1-2-30(17-24(38)39)12-13-31(10-8-27-15-23(36)37)16-20(33)29-9-11-32-22(35)14-19(25(32)40)41-18-21(34)28-7-5-3-4-6-26;1-2-5-3-4(6)7/h19,27H,2-18,26H2,1H3,(H,28,34)(H,29,33)(H,36,37)(H,38,39);5H,2-3H2,1H3,(H,6,7). The van der Waals surface area contributed by atoms with Crippen molar-refractivity contribution in [3.8, 4) is 0 Å². The van der Waals surface area contributed by atoms with Gasteiger partial charge in [-0.05, 0) is 32.5 Å². The molecule has 0 aliphatic carbocycles. The Labute approximate surface area is 285 Å². The number of nitrogens with two attached hydrogens (primary N) is 1. The lowest BCUT2D eigenvalue weighted by Gasteiger charge is -2.26. The SMILES string of the molecule is CCN(CCN(CCNCC(=O)O)CC(=O)NCCN1C(=O)CC(SCC(=O)NCCCCCN)C1=O)CC(=O)O.CCNCC(=O)O. The highest BCUT2D eigenvalue weighted by Gasteiger charge is 2.38. The molecule has 1 rings (SSSR count). The third-order valence-corrected chi connectivity index (χ3v) is 7.99. The molecule has 1 saturated heterocycles. The Bertz CT molecular complexity index is 1020. The van der Waals surface area contributed by atoms with Crippen LogP contribution < -0.4 is 27.0 Å². The molecule has 0 aromatic carbocycles. The zero-order chi connectivity index (χ0) is 36.3. The Morgan fingerprint density at radius 1 is 0.812 bits per heavy atom. The van der Waals surface area contributed by atoms with E-state index >= 15 is 0 Å². The highest BCUT2D eigenvalue weighted by atomic mass is 32.2. The summed E-state index contributed by atoms with van der Waals surface area (Å²) in [5, 5.41) is 36.1. The van der Waals surface area contributed by atoms with Gasteiger partial charge in [-0.3, -0.25) is 48.3 Å². The molecule has 0 bridgehead atoms. The van der Waals surface area contributed by atoms with Crippen LogP contribution in [-0.4, -0.2) is 174 Å². The van der Waals surface area contributed by atoms with Crippen LogP contribution in [0.15, 0.2) is 0 Å². The van der Waals surface area contributed by atoms with Crippen LogP contribution in [0.25, 0.3) is 0 Å². The summed E-state index contributed by atoms with van der Waals surface area (Å²) in [4.78, 5) is 85.7. The Morgan fingerprint density at radius 2 is 1.46 bits per heavy atom. The molecule has 1 fully saturated rings. The van der Waals surface area contributed by atoms with Crippen LogP contribution in [-0.2, 0) is 33.6 Å². The number of imide groups is 1. The van der Waals surface area contributed by atoms with E-state index in [1.165, 1.54) is 0 Å². The lowest BCUT2D eigenvalue weighted by atomic mass is 10.2. The Balaban J connectivity index is 0.00000282. The summed E-state index contributed by atoms with van der Waals surface area (Å²) in [7, 11) is 0. The lowest BCUT2D eigenvalue weighted by Crippen LogP contribution is -2.46. The molecule has 0 radical (unpaired) electrons. The summed E-state index contributed by atoms with van der Waals surface area (Å²) in [6, 6.07) is 0. The number of likely N-dealkylation sites (N-methyl/N-ethyl adjacent to an activating group) is 2. The molecule has 1 aliphatic rings. The molecule has 0 spiro atoms. The zero-order valence-electron chi connectivity index (χ0n) is 28.0. The number of likely N-dealkylation sites (tertiary alicyclic amines) is 1. The van der Waals surface area contributed by atoms with E-state index in [-0.39, 0.29) is 75.1 Å². The van der Waals surface area contributed by atoms with E-state index in [0.717, 1.165) is 35.9 Å². The minimum Gasteiger partial charge on any atom is -0.480 e. The molecule has 1 atom stereocenters. The Hall–Kier alpha value is -3.36. The highest BCUT2D eigenvalue weighted by molar-refractivity contribution is 8.01. The first kappa shape index (κ1) is 44.6. The third-order valence-electron chi connectivity index (χ3n) is 6.79. The second-order valence-electron chi connectivity index (χ2n) is 10.7. The number of nitrogens with zero attached hydrogens (tertiary/aromatic N) is 3. The fraction of sp³-hybridized carbons (Fsp3) is 0.759. The van der Waals surface area contributed by atoms with Crippen molar-refractivity contribution in [2.45, 2.75) is 44.8 Å². The first-order valence-corrected chi connectivity index (χ1v) is 17.1. The van der Waals surface area contributed by atoms with Gasteiger partial charge in [-0.25, -0.2) is 0 Å². The number of hydrogen-bond donors (Lipinski definition) is 8. The fourth-order valence-corrected chi connectivity index (χ4v) is 5.23. The van der Waals surface area contributed by atoms with E-state index in [2.05, 4.69) is 21.3 Å². The van der Waals surface area contributed by atoms with Crippen LogP contribution in [0.2, 0.25) is 0 Å². The summed E-state index contributed by atoms with van der Waals surface area (Å²) >= 11 is 1.13. The maximum atomic E-state index is 12.7. The van der Waals surface area contributed by atoms with Gasteiger partial charge >= 0.3 is 17.9 Å². The van der Waals surface area contributed by atoms with Crippen LogP contribution in [0.3, 0.4) is 0 Å². The van der Waals surface area contributed by atoms with Gasteiger partial charge in [0, 0.05) is 52.2 Å². The predicted octanol–water partition coefficient (Wildman–Crippen LogP) is -2.73. The van der Waals surface area contributed by atoms with Gasteiger partial charge in [-0.2, -0.15) is 0 Å². The number of unbranched alkanes of at least 4 members (excludes halogenated alkanes) is 2. The first-order valence-electron chi connectivity index (χ1n) is 16.0. The van der Waals surface area contributed by atoms with Crippen molar-refractivity contribution >= 4 is 53.3 Å². The largest absolute Gasteiger partial charge is 0.480 e. The first-order chi connectivity index (χ1) is 22.8. The number of amides is 4. The number of carbonyl (C=O) groups is 7. The van der Waals surface area contributed by atoms with Crippen molar-refractivity contribution in [3.63, 3.8) is 0 Å². The molecule has 0 saturated carbocycles. The molecule has 0 aromatic rings. The van der Waals surface area contributed by atoms with Gasteiger partial charge in [-0.1, -0.05) is 20.3 Å². The third kappa shape index (κ3) is 23.0. The van der Waals surface area contributed by atoms with E-state index in [4.69, 9.17) is 21.1 Å². The number of carbonyl (C=O) groups excluding carboxylic acids is 4. The Kier molecular flexibility index (Phi) is 25.6. The maximum absolute atomic E-state index is 12.7. The molecule has 1 heterocycles. The highest BCUT2D eigenvalue weighted by Crippen LogP contribution is 2.24. The topological polar surface area (TPSA) is 264 Å². The van der Waals surface area contributed by atoms with Crippen molar-refractivity contribution < 1.29 is 48.9 Å². The lowest BCUT2D eigenvalue weighted by molar-refractivity contribution is -0.139. The van der Waals surface area contributed by atoms with Crippen molar-refractivity contribution in [2.75, 3.05) is 97.4 Å². The van der Waals surface area contributed by atoms with Crippen molar-refractivity contribution in [1.82, 2.24) is 36.0 Å². The van der Waals surface area contributed by atoms with Gasteiger partial charge < -0.3 is 42.3 Å². The zero-order valence-corrected chi connectivity index (χ0v) is 28.9. The van der Waals surface area contributed by atoms with Crippen molar-refractivity contribution in [3.05, 3.63) is 0 Å². The molecule has 18 nitrogen and oxygen atoms in total. The number of hydrogen-bond acceptors (Lipinski definition) is 13. The van der Waals surface area contributed by atoms with E-state index in [0.29, 0.717) is 52.4 Å². The molecule has 9 N–H and O–H groups in total. The van der Waals surface area contributed by atoms with Gasteiger partial charge in [0.25, 0.3) is 0 Å². The number of aliphatic carboxylic acids is 3. The van der Waals surface area contributed by atoms with Gasteiger partial charge in [0.05, 0.1) is 37.2 Å². The summed E-state index contributed by atoms with van der Waals surface area (Å²) in [6.07, 6.45) is 2.66. The number of carboxylic acids is 3. The summed E-state index contributed by atoms with van der Waals surface area (Å²) < 4.78 is 0. The number of nitrogens with one attached hydrogen (secondary N) is 4. The van der Waals surface area contributed by atoms with Gasteiger partial charge in [-0.15, -0.1) is 11.8 Å². The summed E-state index contributed by atoms with van der Waals surface area (Å²) in [6.45, 7) is 7.28. The molecular formula is C29H54N8O10S. The fourth-order valence-electron chi connectivity index (χ4n) is 4.24.